The van der Waals surface area contributed by atoms with E-state index >= 15 is 0 Å². The molecule has 0 aromatic carbocycles. The second-order valence-corrected chi connectivity index (χ2v) is 14.6. The molecule has 0 N–H and O–H groups in total. The lowest BCUT2D eigenvalue weighted by atomic mass is 9.36. The minimum atomic E-state index is 0.135. The number of hydrogen-bond acceptors (Lipinski definition) is 1. The predicted octanol–water partition coefficient (Wildman–Crippen LogP) is 8.23. The Morgan fingerprint density at radius 3 is 2.29 bits per heavy atom. The molecule has 1 heteroatoms. The van der Waals surface area contributed by atoms with Gasteiger partial charge in [-0.25, -0.2) is 0 Å². The molecule has 4 saturated carbocycles. The lowest BCUT2D eigenvalue weighted by Gasteiger charge is -2.68. The van der Waals surface area contributed by atoms with Crippen LogP contribution >= 0.6 is 0 Å². The second-order valence-electron chi connectivity index (χ2n) is 14.6. The topological polar surface area (TPSA) is 17.1 Å². The van der Waals surface area contributed by atoms with Crippen molar-refractivity contribution in [1.29, 1.82) is 0 Å². The molecule has 0 aromatic rings. The van der Waals surface area contributed by atoms with Crippen LogP contribution in [0.5, 0.6) is 0 Å². The van der Waals surface area contributed by atoms with Crippen molar-refractivity contribution < 1.29 is 4.79 Å². The van der Waals surface area contributed by atoms with Crippen molar-refractivity contribution in [1.82, 2.24) is 0 Å². The summed E-state index contributed by atoms with van der Waals surface area (Å²) in [5.41, 5.74) is 3.26. The molecular weight excluding hydrogens is 376 g/mol. The summed E-state index contributed by atoms with van der Waals surface area (Å²) in [6.45, 7) is 20.1. The van der Waals surface area contributed by atoms with Crippen molar-refractivity contribution in [2.24, 2.45) is 56.7 Å². The predicted molar refractivity (Wildman–Crippen MR) is 130 cm³/mol. The first kappa shape index (κ1) is 22.2. The average molecular weight is 425 g/mol. The first-order valence-corrected chi connectivity index (χ1v) is 13.5. The summed E-state index contributed by atoms with van der Waals surface area (Å²) >= 11 is 0. The van der Waals surface area contributed by atoms with Crippen LogP contribution in [0, 0.1) is 56.7 Å². The lowest BCUT2D eigenvalue weighted by Crippen LogP contribution is -2.61. The van der Waals surface area contributed by atoms with Gasteiger partial charge in [0, 0.05) is 12.3 Å². The minimum absolute atomic E-state index is 0.135. The molecule has 0 radical (unpaired) electrons. The number of ketones is 1. The van der Waals surface area contributed by atoms with E-state index in [-0.39, 0.29) is 22.2 Å². The Morgan fingerprint density at radius 2 is 1.61 bits per heavy atom. The largest absolute Gasteiger partial charge is 0.299 e. The van der Waals surface area contributed by atoms with Crippen molar-refractivity contribution in [3.8, 4) is 0 Å². The molecule has 5 rings (SSSR count). The Kier molecular flexibility index (Phi) is 4.66. The van der Waals surface area contributed by atoms with E-state index in [1.54, 1.807) is 5.57 Å². The van der Waals surface area contributed by atoms with Gasteiger partial charge in [-0.15, -0.1) is 0 Å². The van der Waals surface area contributed by atoms with Crippen LogP contribution in [0.4, 0.5) is 0 Å². The Morgan fingerprint density at radius 1 is 0.903 bits per heavy atom. The SMILES string of the molecule is CC(C)[C@H]1CC(=O)[C@@H]2[C@]1(C)CC[C@]1(C)C3=CC[C@H]4C(C)(C)CCC[C@]4(C)[C@H]3CC[C@@]21C. The molecule has 5 aliphatic rings. The highest BCUT2D eigenvalue weighted by molar-refractivity contribution is 5.86. The lowest BCUT2D eigenvalue weighted by molar-refractivity contribution is -0.157. The zero-order valence-electron chi connectivity index (χ0n) is 21.7. The molecule has 0 spiro atoms. The number of rotatable bonds is 1. The molecule has 0 heterocycles. The normalized spacial score (nSPS) is 53.3. The summed E-state index contributed by atoms with van der Waals surface area (Å²) in [6.07, 6.45) is 14.1. The van der Waals surface area contributed by atoms with Gasteiger partial charge in [0.25, 0.3) is 0 Å². The van der Waals surface area contributed by atoms with Gasteiger partial charge < -0.3 is 0 Å². The van der Waals surface area contributed by atoms with Gasteiger partial charge >= 0.3 is 0 Å². The quantitative estimate of drug-likeness (QED) is 0.387. The third-order valence-corrected chi connectivity index (χ3v) is 12.7. The molecular formula is C30H48O. The summed E-state index contributed by atoms with van der Waals surface area (Å²) in [5, 5.41) is 0. The maximum absolute atomic E-state index is 13.6. The molecule has 174 valence electrons. The van der Waals surface area contributed by atoms with Gasteiger partial charge in [0.2, 0.25) is 0 Å². The first-order chi connectivity index (χ1) is 14.3. The van der Waals surface area contributed by atoms with E-state index in [4.69, 9.17) is 0 Å². The molecule has 31 heavy (non-hydrogen) atoms. The number of Topliss-reactive ketones (excluding diaryl/α,β-unsaturated/α-hetero) is 1. The molecule has 0 bridgehead atoms. The number of carbonyl (C=O) groups is 1. The third kappa shape index (κ3) is 2.59. The highest BCUT2D eigenvalue weighted by Gasteiger charge is 2.70. The van der Waals surface area contributed by atoms with Crippen LogP contribution in [0.15, 0.2) is 11.6 Å². The molecule has 0 saturated heterocycles. The Hall–Kier alpha value is -0.590. The Bertz CT molecular complexity index is 818. The van der Waals surface area contributed by atoms with Gasteiger partial charge in [-0.3, -0.25) is 4.79 Å². The zero-order chi connectivity index (χ0) is 22.6. The van der Waals surface area contributed by atoms with Gasteiger partial charge in [-0.05, 0) is 95.7 Å². The fourth-order valence-corrected chi connectivity index (χ4v) is 11.0. The molecule has 8 atom stereocenters. The Labute approximate surface area is 192 Å². The maximum Gasteiger partial charge on any atom is 0.137 e. The summed E-state index contributed by atoms with van der Waals surface area (Å²) in [6, 6.07) is 0. The monoisotopic (exact) mass is 424 g/mol. The Balaban J connectivity index is 1.58. The molecule has 0 aromatic heterocycles. The minimum Gasteiger partial charge on any atom is -0.299 e. The van der Waals surface area contributed by atoms with Crippen molar-refractivity contribution >= 4 is 5.78 Å². The van der Waals surface area contributed by atoms with E-state index in [1.165, 1.54) is 51.4 Å². The average Bonchev–Trinajstić information content (AvgIpc) is 2.94. The first-order valence-electron chi connectivity index (χ1n) is 13.5. The third-order valence-electron chi connectivity index (χ3n) is 12.7. The molecule has 1 nitrogen and oxygen atoms in total. The van der Waals surface area contributed by atoms with E-state index in [0.717, 1.165) is 18.3 Å². The number of fused-ring (bicyclic) bond motifs is 7. The zero-order valence-corrected chi connectivity index (χ0v) is 21.7. The van der Waals surface area contributed by atoms with Crippen molar-refractivity contribution in [3.63, 3.8) is 0 Å². The molecule has 4 fully saturated rings. The standard InChI is InChI=1S/C30H48O/c1-19(2)22-18-23(31)25-28(22,6)16-17-29(7)21-10-11-24-26(3,4)13-9-14-27(24,5)20(21)12-15-30(25,29)8/h10,19-20,22,24-25H,9,11-18H2,1-8H3/t20-,22+,24-,25+,27+,28+,29+,30-/m0/s1. The number of hydrogen-bond donors (Lipinski definition) is 0. The van der Waals surface area contributed by atoms with Crippen LogP contribution in [-0.4, -0.2) is 5.78 Å². The van der Waals surface area contributed by atoms with E-state index in [1.807, 2.05) is 0 Å². The number of carbonyl (C=O) groups excluding carboxylic acids is 1. The van der Waals surface area contributed by atoms with Gasteiger partial charge in [0.1, 0.15) is 5.78 Å². The van der Waals surface area contributed by atoms with Gasteiger partial charge in [0.05, 0.1) is 0 Å². The smallest absolute Gasteiger partial charge is 0.137 e. The fraction of sp³-hybridized carbons (Fsp3) is 0.900. The maximum atomic E-state index is 13.6. The highest BCUT2D eigenvalue weighted by Crippen LogP contribution is 2.75. The van der Waals surface area contributed by atoms with Gasteiger partial charge in [-0.1, -0.05) is 73.5 Å². The van der Waals surface area contributed by atoms with Gasteiger partial charge in [-0.2, -0.15) is 0 Å². The summed E-state index contributed by atoms with van der Waals surface area (Å²) in [7, 11) is 0. The van der Waals surface area contributed by atoms with Crippen LogP contribution in [0.3, 0.4) is 0 Å². The molecule has 0 unspecified atom stereocenters. The summed E-state index contributed by atoms with van der Waals surface area (Å²) in [5.74, 6) is 3.62. The van der Waals surface area contributed by atoms with Crippen molar-refractivity contribution in [2.75, 3.05) is 0 Å². The molecule has 5 aliphatic carbocycles. The summed E-state index contributed by atoms with van der Waals surface area (Å²) in [4.78, 5) is 13.6. The van der Waals surface area contributed by atoms with Crippen LogP contribution in [0.25, 0.3) is 0 Å². The highest BCUT2D eigenvalue weighted by atomic mass is 16.1. The fourth-order valence-electron chi connectivity index (χ4n) is 11.0. The molecule has 0 amide bonds. The van der Waals surface area contributed by atoms with Crippen LogP contribution in [-0.2, 0) is 4.79 Å². The van der Waals surface area contributed by atoms with Crippen LogP contribution in [0.1, 0.15) is 113 Å². The van der Waals surface area contributed by atoms with Crippen LogP contribution < -0.4 is 0 Å². The second kappa shape index (κ2) is 6.50. The van der Waals surface area contributed by atoms with Gasteiger partial charge in [0.15, 0.2) is 0 Å². The van der Waals surface area contributed by atoms with Crippen LogP contribution in [0.2, 0.25) is 0 Å². The van der Waals surface area contributed by atoms with Crippen molar-refractivity contribution in [3.05, 3.63) is 11.6 Å². The van der Waals surface area contributed by atoms with Crippen molar-refractivity contribution in [2.45, 2.75) is 113 Å². The molecule has 0 aliphatic heterocycles. The van der Waals surface area contributed by atoms with E-state index < -0.39 is 0 Å². The van der Waals surface area contributed by atoms with E-state index in [2.05, 4.69) is 61.5 Å². The number of allylic oxidation sites excluding steroid dienone is 2. The van der Waals surface area contributed by atoms with E-state index in [0.29, 0.717) is 28.4 Å². The summed E-state index contributed by atoms with van der Waals surface area (Å²) < 4.78 is 0. The van der Waals surface area contributed by atoms with E-state index in [9.17, 15) is 4.79 Å².